The van der Waals surface area contributed by atoms with Gasteiger partial charge >= 0.3 is 8.80 Å². The first-order valence-electron chi connectivity index (χ1n) is 8.03. The lowest BCUT2D eigenvalue weighted by Crippen LogP contribution is -2.42. The fourth-order valence-corrected chi connectivity index (χ4v) is 3.94. The van der Waals surface area contributed by atoms with Gasteiger partial charge in [0.05, 0.1) is 12.8 Å². The van der Waals surface area contributed by atoms with Gasteiger partial charge in [-0.1, -0.05) is 35.2 Å². The molecule has 0 amide bonds. The molecular weight excluding hydrogens is 342 g/mol. The van der Waals surface area contributed by atoms with Gasteiger partial charge in [-0.25, -0.2) is 0 Å². The molecule has 1 aromatic heterocycles. The van der Waals surface area contributed by atoms with Crippen molar-refractivity contribution in [1.82, 2.24) is 15.2 Å². The van der Waals surface area contributed by atoms with E-state index in [0.29, 0.717) is 31.6 Å². The smallest absolute Gasteiger partial charge is 0.391 e. The van der Waals surface area contributed by atoms with Crippen molar-refractivity contribution in [3.05, 3.63) is 47.8 Å². The lowest BCUT2D eigenvalue weighted by molar-refractivity contribution is 0.0657. The maximum atomic E-state index is 5.61. The highest BCUT2D eigenvalue weighted by Crippen LogP contribution is 2.15. The van der Waals surface area contributed by atoms with E-state index in [1.807, 2.05) is 30.3 Å². The maximum absolute atomic E-state index is 5.61. The van der Waals surface area contributed by atoms with E-state index < -0.39 is 8.80 Å². The molecular formula is C16H25N3O5Si. The van der Waals surface area contributed by atoms with Gasteiger partial charge in [0.15, 0.2) is 0 Å². The fourth-order valence-electron chi connectivity index (χ4n) is 2.25. The van der Waals surface area contributed by atoms with Gasteiger partial charge in [0, 0.05) is 34.0 Å². The highest BCUT2D eigenvalue weighted by molar-refractivity contribution is 6.60. The van der Waals surface area contributed by atoms with Crippen molar-refractivity contribution in [3.8, 4) is 0 Å². The summed E-state index contributed by atoms with van der Waals surface area (Å²) in [7, 11) is 2.30. The number of aromatic nitrogens is 3. The van der Waals surface area contributed by atoms with Crippen LogP contribution in [-0.4, -0.2) is 51.9 Å². The zero-order valence-corrected chi connectivity index (χ0v) is 15.9. The second kappa shape index (κ2) is 10.3. The van der Waals surface area contributed by atoms with E-state index in [1.54, 1.807) is 27.5 Å². The number of nitrogens with zero attached hydrogens (tertiary/aromatic N) is 3. The molecule has 0 spiro atoms. The van der Waals surface area contributed by atoms with Crippen LogP contribution in [0.4, 0.5) is 0 Å². The summed E-state index contributed by atoms with van der Waals surface area (Å²) in [6, 6.07) is 10.6. The van der Waals surface area contributed by atoms with E-state index in [2.05, 4.69) is 10.3 Å². The van der Waals surface area contributed by atoms with E-state index in [0.717, 1.165) is 12.0 Å². The minimum atomic E-state index is -2.52. The van der Waals surface area contributed by atoms with Crippen LogP contribution in [0.5, 0.6) is 0 Å². The Bertz CT molecular complexity index is 599. The summed E-state index contributed by atoms with van der Waals surface area (Å²) in [6.45, 7) is 1.36. The summed E-state index contributed by atoms with van der Waals surface area (Å²) < 4.78 is 21.7. The van der Waals surface area contributed by atoms with E-state index in [9.17, 15) is 0 Å². The predicted molar refractivity (Wildman–Crippen MR) is 92.6 cm³/mol. The molecule has 0 unspecified atom stereocenters. The molecule has 8 nitrogen and oxygen atoms in total. The minimum Gasteiger partial charge on any atom is -0.391 e. The summed E-state index contributed by atoms with van der Waals surface area (Å²) >= 11 is 0. The molecule has 25 heavy (non-hydrogen) atoms. The van der Waals surface area contributed by atoms with Gasteiger partial charge in [-0.05, 0) is 17.2 Å². The van der Waals surface area contributed by atoms with Crippen LogP contribution in [-0.2, 0) is 31.2 Å². The van der Waals surface area contributed by atoms with Crippen LogP contribution >= 0.6 is 0 Å². The van der Waals surface area contributed by atoms with Gasteiger partial charge in [0.1, 0.15) is 12.3 Å². The van der Waals surface area contributed by atoms with Crippen LogP contribution in [0.1, 0.15) is 17.7 Å². The molecule has 0 saturated carbocycles. The molecule has 0 radical (unpaired) electrons. The number of benzene rings is 1. The summed E-state index contributed by atoms with van der Waals surface area (Å²) in [5.74, 6) is 0. The molecule has 0 aliphatic carbocycles. The Morgan fingerprint density at radius 3 is 2.40 bits per heavy atom. The number of hydrogen-bond acceptors (Lipinski definition) is 7. The second-order valence-corrected chi connectivity index (χ2v) is 8.41. The first-order chi connectivity index (χ1) is 12.2. The van der Waals surface area contributed by atoms with E-state index in [4.69, 9.17) is 22.9 Å². The first kappa shape index (κ1) is 19.5. The molecule has 9 heteroatoms. The standard InChI is InChI=1S/C16H25N3O5Si/c1-20-25(21-2,22-3)11-7-10-23-14-16-12-19(18-17-16)24-13-15-8-5-4-6-9-15/h4-6,8-9,12H,7,10-11,13-14H2,1-3H3. The molecule has 0 aliphatic heterocycles. The molecule has 2 rings (SSSR count). The minimum absolute atomic E-state index is 0.371. The number of ether oxygens (including phenoxy) is 1. The van der Waals surface area contributed by atoms with Gasteiger partial charge in [-0.15, -0.1) is 5.10 Å². The molecule has 1 aromatic carbocycles. The molecule has 1 heterocycles. The summed E-state index contributed by atoms with van der Waals surface area (Å²) in [5, 5.41) is 7.94. The highest BCUT2D eigenvalue weighted by atomic mass is 28.4. The average molecular weight is 367 g/mol. The second-order valence-electron chi connectivity index (χ2n) is 5.32. The Morgan fingerprint density at radius 2 is 1.72 bits per heavy atom. The summed E-state index contributed by atoms with van der Waals surface area (Å²) in [4.78, 5) is 6.88. The highest BCUT2D eigenvalue weighted by Gasteiger charge is 2.36. The van der Waals surface area contributed by atoms with Crippen molar-refractivity contribution < 1.29 is 22.9 Å². The van der Waals surface area contributed by atoms with Crippen molar-refractivity contribution in [1.29, 1.82) is 0 Å². The Morgan fingerprint density at radius 1 is 1.00 bits per heavy atom. The van der Waals surface area contributed by atoms with E-state index in [1.165, 1.54) is 4.85 Å². The summed E-state index contributed by atoms with van der Waals surface area (Å²) in [5.41, 5.74) is 1.78. The van der Waals surface area contributed by atoms with Crippen molar-refractivity contribution in [2.75, 3.05) is 27.9 Å². The zero-order chi connectivity index (χ0) is 18.0. The lowest BCUT2D eigenvalue weighted by atomic mass is 10.2. The third-order valence-corrected chi connectivity index (χ3v) is 6.51. The van der Waals surface area contributed by atoms with Crippen LogP contribution in [0.25, 0.3) is 0 Å². The topological polar surface area (TPSA) is 76.9 Å². The maximum Gasteiger partial charge on any atom is 0.500 e. The van der Waals surface area contributed by atoms with Gasteiger partial charge in [0.2, 0.25) is 0 Å². The van der Waals surface area contributed by atoms with Crippen molar-refractivity contribution >= 4 is 8.80 Å². The predicted octanol–water partition coefficient (Wildman–Crippen LogP) is 1.69. The molecule has 0 atom stereocenters. The Hall–Kier alpha value is -1.78. The van der Waals surface area contributed by atoms with Gasteiger partial charge in [-0.3, -0.25) is 0 Å². The Labute approximate surface area is 148 Å². The first-order valence-corrected chi connectivity index (χ1v) is 9.96. The van der Waals surface area contributed by atoms with E-state index in [-0.39, 0.29) is 0 Å². The Balaban J connectivity index is 1.66. The molecule has 0 bridgehead atoms. The van der Waals surface area contributed by atoms with Gasteiger partial charge in [0.25, 0.3) is 0 Å². The molecule has 0 N–H and O–H groups in total. The fraction of sp³-hybridized carbons (Fsp3) is 0.500. The quantitative estimate of drug-likeness (QED) is 0.417. The molecule has 0 aliphatic rings. The number of hydrogen-bond donors (Lipinski definition) is 0. The lowest BCUT2D eigenvalue weighted by Gasteiger charge is -2.24. The summed E-state index contributed by atoms with van der Waals surface area (Å²) in [6.07, 6.45) is 2.49. The third-order valence-electron chi connectivity index (χ3n) is 3.68. The average Bonchev–Trinajstić information content (AvgIpc) is 3.12. The van der Waals surface area contributed by atoms with Crippen LogP contribution in [0.3, 0.4) is 0 Å². The van der Waals surface area contributed by atoms with Crippen molar-refractivity contribution in [2.45, 2.75) is 25.7 Å². The van der Waals surface area contributed by atoms with Crippen molar-refractivity contribution in [3.63, 3.8) is 0 Å². The van der Waals surface area contributed by atoms with Crippen LogP contribution in [0.2, 0.25) is 6.04 Å². The molecule has 138 valence electrons. The van der Waals surface area contributed by atoms with Crippen LogP contribution in [0.15, 0.2) is 36.5 Å². The number of rotatable bonds is 12. The molecule has 0 saturated heterocycles. The van der Waals surface area contributed by atoms with Gasteiger partial charge < -0.3 is 22.9 Å². The van der Waals surface area contributed by atoms with Crippen LogP contribution < -0.4 is 4.84 Å². The van der Waals surface area contributed by atoms with E-state index >= 15 is 0 Å². The zero-order valence-electron chi connectivity index (χ0n) is 14.9. The third kappa shape index (κ3) is 6.22. The monoisotopic (exact) mass is 367 g/mol. The van der Waals surface area contributed by atoms with Crippen LogP contribution in [0, 0.1) is 0 Å². The van der Waals surface area contributed by atoms with Crippen molar-refractivity contribution in [2.24, 2.45) is 0 Å². The van der Waals surface area contributed by atoms with Gasteiger partial charge in [-0.2, -0.15) is 0 Å². The molecule has 0 fully saturated rings. The normalized spacial score (nSPS) is 11.6. The largest absolute Gasteiger partial charge is 0.500 e. The SMILES string of the molecule is CO[Si](CCCOCc1cn(OCc2ccccc2)nn1)(OC)OC. The Kier molecular flexibility index (Phi) is 8.02. The molecule has 2 aromatic rings.